The van der Waals surface area contributed by atoms with Crippen molar-refractivity contribution in [3.63, 3.8) is 0 Å². The van der Waals surface area contributed by atoms with E-state index in [-0.39, 0.29) is 6.04 Å². The minimum atomic E-state index is 0.235. The van der Waals surface area contributed by atoms with E-state index in [4.69, 9.17) is 5.73 Å². The summed E-state index contributed by atoms with van der Waals surface area (Å²) in [5.41, 5.74) is 7.18. The summed E-state index contributed by atoms with van der Waals surface area (Å²) in [6, 6.07) is 0.235. The molecule has 0 aliphatic rings. The van der Waals surface area contributed by atoms with Crippen molar-refractivity contribution in [1.82, 2.24) is 0 Å². The van der Waals surface area contributed by atoms with Gasteiger partial charge in [-0.05, 0) is 25.5 Å². The molecule has 0 aromatic rings. The molecule has 0 amide bonds. The van der Waals surface area contributed by atoms with Gasteiger partial charge in [0.25, 0.3) is 0 Å². The van der Waals surface area contributed by atoms with Crippen molar-refractivity contribution in [2.24, 2.45) is 11.7 Å². The maximum atomic E-state index is 5.86. The van der Waals surface area contributed by atoms with Gasteiger partial charge < -0.3 is 5.73 Å². The predicted octanol–water partition coefficient (Wildman–Crippen LogP) is 2.67. The molecule has 2 heteroatoms. The monoisotopic (exact) mass is 187 g/mol. The van der Waals surface area contributed by atoms with Gasteiger partial charge in [0.15, 0.2) is 0 Å². The minimum Gasteiger partial charge on any atom is -0.324 e. The van der Waals surface area contributed by atoms with Crippen molar-refractivity contribution < 1.29 is 0 Å². The average molecular weight is 187 g/mol. The van der Waals surface area contributed by atoms with E-state index in [1.165, 1.54) is 11.3 Å². The van der Waals surface area contributed by atoms with Crippen LogP contribution in [0.4, 0.5) is 0 Å². The summed E-state index contributed by atoms with van der Waals surface area (Å²) >= 11 is 1.94. The van der Waals surface area contributed by atoms with Crippen LogP contribution in [0.3, 0.4) is 0 Å². The van der Waals surface area contributed by atoms with E-state index in [1.807, 2.05) is 11.8 Å². The lowest BCUT2D eigenvalue weighted by Gasteiger charge is -2.08. The van der Waals surface area contributed by atoms with E-state index in [2.05, 4.69) is 33.8 Å². The van der Waals surface area contributed by atoms with Gasteiger partial charge in [0.05, 0.1) is 0 Å². The standard InChI is InChI=1S/C10H21NS/c1-8(2)5-10(11)7-12-6-9(3)4/h5,9-10H,6-7,11H2,1-4H3. The van der Waals surface area contributed by atoms with Crippen LogP contribution >= 0.6 is 11.8 Å². The Labute approximate surface area is 80.8 Å². The van der Waals surface area contributed by atoms with Crippen LogP contribution in [-0.4, -0.2) is 17.5 Å². The van der Waals surface area contributed by atoms with Crippen LogP contribution in [0.2, 0.25) is 0 Å². The largest absolute Gasteiger partial charge is 0.324 e. The van der Waals surface area contributed by atoms with E-state index in [0.29, 0.717) is 0 Å². The summed E-state index contributed by atoms with van der Waals surface area (Å²) in [5.74, 6) is 3.03. The Morgan fingerprint density at radius 2 is 1.92 bits per heavy atom. The molecule has 0 saturated carbocycles. The molecule has 0 aromatic heterocycles. The Hall–Kier alpha value is 0.0500. The fourth-order valence-corrected chi connectivity index (χ4v) is 1.89. The Balaban J connectivity index is 3.44. The Morgan fingerprint density at radius 1 is 1.33 bits per heavy atom. The van der Waals surface area contributed by atoms with E-state index in [1.54, 1.807) is 0 Å². The second-order valence-electron chi connectivity index (χ2n) is 3.84. The molecule has 1 atom stereocenters. The zero-order valence-corrected chi connectivity index (χ0v) is 9.45. The first kappa shape index (κ1) is 12.0. The molecule has 0 rings (SSSR count). The summed E-state index contributed by atoms with van der Waals surface area (Å²) in [6.45, 7) is 8.65. The van der Waals surface area contributed by atoms with Gasteiger partial charge in [0, 0.05) is 11.8 Å². The lowest BCUT2D eigenvalue weighted by molar-refractivity contribution is 0.749. The molecule has 12 heavy (non-hydrogen) atoms. The van der Waals surface area contributed by atoms with Crippen molar-refractivity contribution in [2.45, 2.75) is 33.7 Å². The van der Waals surface area contributed by atoms with E-state index >= 15 is 0 Å². The highest BCUT2D eigenvalue weighted by atomic mass is 32.2. The summed E-state index contributed by atoms with van der Waals surface area (Å²) < 4.78 is 0. The first-order valence-electron chi connectivity index (χ1n) is 4.50. The van der Waals surface area contributed by atoms with Crippen LogP contribution in [0.1, 0.15) is 27.7 Å². The van der Waals surface area contributed by atoms with Gasteiger partial charge in [-0.2, -0.15) is 11.8 Å². The number of hydrogen-bond donors (Lipinski definition) is 1. The number of allylic oxidation sites excluding steroid dienone is 1. The highest BCUT2D eigenvalue weighted by Crippen LogP contribution is 2.09. The van der Waals surface area contributed by atoms with Crippen molar-refractivity contribution in [3.05, 3.63) is 11.6 Å². The van der Waals surface area contributed by atoms with Gasteiger partial charge in [-0.1, -0.05) is 25.5 Å². The molecule has 0 aliphatic carbocycles. The molecule has 0 fully saturated rings. The number of nitrogens with two attached hydrogens (primary N) is 1. The molecule has 0 bridgehead atoms. The van der Waals surface area contributed by atoms with Crippen molar-refractivity contribution in [2.75, 3.05) is 11.5 Å². The predicted molar refractivity (Wildman–Crippen MR) is 59.6 cm³/mol. The topological polar surface area (TPSA) is 26.0 Å². The summed E-state index contributed by atoms with van der Waals surface area (Å²) in [6.07, 6.45) is 2.13. The minimum absolute atomic E-state index is 0.235. The molecule has 0 aliphatic heterocycles. The molecule has 2 N–H and O–H groups in total. The van der Waals surface area contributed by atoms with E-state index in [0.717, 1.165) is 11.7 Å². The van der Waals surface area contributed by atoms with Crippen LogP contribution in [-0.2, 0) is 0 Å². The Kier molecular flexibility index (Phi) is 6.58. The Bertz CT molecular complexity index is 137. The molecule has 0 radical (unpaired) electrons. The van der Waals surface area contributed by atoms with Crippen LogP contribution in [0.5, 0.6) is 0 Å². The molecule has 72 valence electrons. The highest BCUT2D eigenvalue weighted by Gasteiger charge is 1.99. The first-order chi connectivity index (χ1) is 5.52. The lowest BCUT2D eigenvalue weighted by atomic mass is 10.2. The zero-order chi connectivity index (χ0) is 9.56. The molecular weight excluding hydrogens is 166 g/mol. The SMILES string of the molecule is CC(C)=CC(N)CSCC(C)C. The second kappa shape index (κ2) is 6.55. The quantitative estimate of drug-likeness (QED) is 0.670. The molecule has 0 saturated heterocycles. The summed E-state index contributed by atoms with van der Waals surface area (Å²) in [5, 5.41) is 0. The van der Waals surface area contributed by atoms with Crippen molar-refractivity contribution in [3.8, 4) is 0 Å². The van der Waals surface area contributed by atoms with Crippen LogP contribution in [0.15, 0.2) is 11.6 Å². The van der Waals surface area contributed by atoms with E-state index in [9.17, 15) is 0 Å². The van der Waals surface area contributed by atoms with Gasteiger partial charge in [-0.25, -0.2) is 0 Å². The van der Waals surface area contributed by atoms with Gasteiger partial charge >= 0.3 is 0 Å². The first-order valence-corrected chi connectivity index (χ1v) is 5.66. The number of rotatable bonds is 5. The average Bonchev–Trinajstić information content (AvgIpc) is 1.84. The van der Waals surface area contributed by atoms with Crippen molar-refractivity contribution >= 4 is 11.8 Å². The van der Waals surface area contributed by atoms with Crippen LogP contribution in [0, 0.1) is 5.92 Å². The number of thioether (sulfide) groups is 1. The summed E-state index contributed by atoms with van der Waals surface area (Å²) in [7, 11) is 0. The normalized spacial score (nSPS) is 13.2. The Morgan fingerprint density at radius 3 is 2.33 bits per heavy atom. The summed E-state index contributed by atoms with van der Waals surface area (Å²) in [4.78, 5) is 0. The molecule has 0 spiro atoms. The highest BCUT2D eigenvalue weighted by molar-refractivity contribution is 7.99. The molecule has 1 nitrogen and oxygen atoms in total. The third-order valence-corrected chi connectivity index (χ3v) is 2.83. The van der Waals surface area contributed by atoms with Gasteiger partial charge in [-0.15, -0.1) is 0 Å². The van der Waals surface area contributed by atoms with Crippen molar-refractivity contribution in [1.29, 1.82) is 0 Å². The van der Waals surface area contributed by atoms with E-state index < -0.39 is 0 Å². The second-order valence-corrected chi connectivity index (χ2v) is 4.91. The van der Waals surface area contributed by atoms with Gasteiger partial charge in [0.1, 0.15) is 0 Å². The third kappa shape index (κ3) is 8.15. The molecule has 1 unspecified atom stereocenters. The fraction of sp³-hybridized carbons (Fsp3) is 0.800. The fourth-order valence-electron chi connectivity index (χ4n) is 0.916. The van der Waals surface area contributed by atoms with Gasteiger partial charge in [-0.3, -0.25) is 0 Å². The number of hydrogen-bond acceptors (Lipinski definition) is 2. The maximum absolute atomic E-state index is 5.86. The molecular formula is C10H21NS. The molecule has 0 aromatic carbocycles. The zero-order valence-electron chi connectivity index (χ0n) is 8.63. The smallest absolute Gasteiger partial charge is 0.0318 e. The van der Waals surface area contributed by atoms with Crippen LogP contribution < -0.4 is 5.73 Å². The third-order valence-electron chi connectivity index (χ3n) is 1.31. The maximum Gasteiger partial charge on any atom is 0.0318 e. The van der Waals surface area contributed by atoms with Crippen LogP contribution in [0.25, 0.3) is 0 Å². The van der Waals surface area contributed by atoms with Gasteiger partial charge in [0.2, 0.25) is 0 Å². The lowest BCUT2D eigenvalue weighted by Crippen LogP contribution is -2.20. The molecule has 0 heterocycles.